The number of ether oxygens (including phenoxy) is 1. The van der Waals surface area contributed by atoms with Gasteiger partial charge in [-0.05, 0) is 18.8 Å². The van der Waals surface area contributed by atoms with E-state index in [0.29, 0.717) is 0 Å². The second kappa shape index (κ2) is 23.7. The Morgan fingerprint density at radius 1 is 0.590 bits per heavy atom. The van der Waals surface area contributed by atoms with Crippen LogP contribution in [-0.4, -0.2) is 6.61 Å². The third-order valence-corrected chi connectivity index (χ3v) is 7.87. The Balaban J connectivity index is 2.59. The van der Waals surface area contributed by atoms with E-state index in [0.717, 1.165) is 51.4 Å². The van der Waals surface area contributed by atoms with Crippen molar-refractivity contribution in [2.24, 2.45) is 5.92 Å². The molecule has 0 heterocycles. The van der Waals surface area contributed by atoms with Crippen molar-refractivity contribution in [3.63, 3.8) is 0 Å². The minimum atomic E-state index is -1.69. The molecule has 0 aromatic heterocycles. The summed E-state index contributed by atoms with van der Waals surface area (Å²) in [6, 6.07) is 0. The number of benzene rings is 1. The van der Waals surface area contributed by atoms with Crippen molar-refractivity contribution < 1.29 is 36.9 Å². The van der Waals surface area contributed by atoms with Gasteiger partial charge in [-0.1, -0.05) is 129 Å². The third kappa shape index (κ3) is 15.5. The van der Waals surface area contributed by atoms with Crippen molar-refractivity contribution in [3.05, 3.63) is 23.3 Å². The summed E-state index contributed by atoms with van der Waals surface area (Å²) in [6.45, 7) is 4.39. The Hall–Kier alpha value is -1.03. The molecular weight excluding hydrogens is 532 g/mol. The van der Waals surface area contributed by atoms with Gasteiger partial charge < -0.3 is 9.99 Å². The van der Waals surface area contributed by atoms with Gasteiger partial charge in [-0.15, -0.1) is 0 Å². The molecule has 0 aliphatic rings. The molecule has 0 radical (unpaired) electrons. The normalized spacial score (nSPS) is 12.3. The molecule has 4 nitrogen and oxygen atoms in total. The minimum absolute atomic E-state index is 0.0205. The highest BCUT2D eigenvalue weighted by molar-refractivity contribution is 7.94. The second-order valence-electron chi connectivity index (χ2n) is 10.5. The standard InChI is InChI=1S/C30H50F4O4S/c1-3-5-7-9-11-13-14-16-18-20-22-24(21-19-17-15-12-10-8-6-4-2)23-36-29-25(31)27(33)30(39-38-37-35)28(34)26(29)32/h24,35H,3-23H2,1-2H3/p-1. The van der Waals surface area contributed by atoms with Crippen LogP contribution in [0.15, 0.2) is 4.90 Å². The van der Waals surface area contributed by atoms with Crippen molar-refractivity contribution in [2.45, 2.75) is 147 Å². The Morgan fingerprint density at radius 3 is 1.36 bits per heavy atom. The van der Waals surface area contributed by atoms with Gasteiger partial charge in [-0.3, -0.25) is 5.04 Å². The first-order chi connectivity index (χ1) is 19.0. The molecular formula is C30H49F4O4S-. The molecule has 228 valence electrons. The molecule has 0 aliphatic carbocycles. The predicted octanol–water partition coefficient (Wildman–Crippen LogP) is 10.3. The zero-order valence-corrected chi connectivity index (χ0v) is 24.8. The summed E-state index contributed by atoms with van der Waals surface area (Å²) >= 11 is -0.240. The van der Waals surface area contributed by atoms with Crippen molar-refractivity contribution in [1.82, 2.24) is 0 Å². The molecule has 39 heavy (non-hydrogen) atoms. The quantitative estimate of drug-likeness (QED) is 0.0272. The van der Waals surface area contributed by atoms with Crippen LogP contribution in [0.1, 0.15) is 142 Å². The van der Waals surface area contributed by atoms with Crippen LogP contribution in [0, 0.1) is 29.2 Å². The summed E-state index contributed by atoms with van der Waals surface area (Å²) in [5.41, 5.74) is 0. The van der Waals surface area contributed by atoms with Crippen molar-refractivity contribution >= 4 is 12.0 Å². The summed E-state index contributed by atoms with van der Waals surface area (Å²) in [6.07, 6.45) is 23.3. The van der Waals surface area contributed by atoms with E-state index in [1.54, 1.807) is 0 Å². The van der Waals surface area contributed by atoms with Gasteiger partial charge in [0.05, 0.1) is 18.6 Å². The maximum Gasteiger partial charge on any atom is 0.205 e. The molecule has 1 aromatic rings. The molecule has 0 saturated carbocycles. The van der Waals surface area contributed by atoms with E-state index in [-0.39, 0.29) is 24.6 Å². The molecule has 1 atom stereocenters. The van der Waals surface area contributed by atoms with Gasteiger partial charge in [-0.25, -0.2) is 8.78 Å². The van der Waals surface area contributed by atoms with Gasteiger partial charge in [0.25, 0.3) is 0 Å². The van der Waals surface area contributed by atoms with E-state index in [1.165, 1.54) is 77.0 Å². The fourth-order valence-electron chi connectivity index (χ4n) is 4.84. The Bertz CT molecular complexity index is 725. The van der Waals surface area contributed by atoms with Gasteiger partial charge in [-0.2, -0.15) is 13.1 Å². The number of rotatable bonds is 26. The SMILES string of the molecule is CCCCCCCCCCCCC(CCCCCCCCCC)COc1c(F)c(F)c(SOO[O-])c(F)c1F. The lowest BCUT2D eigenvalue weighted by molar-refractivity contribution is -0.777. The third-order valence-electron chi connectivity index (χ3n) is 7.22. The topological polar surface area (TPSA) is 50.8 Å². The zero-order chi connectivity index (χ0) is 28.7. The van der Waals surface area contributed by atoms with Crippen molar-refractivity contribution in [3.8, 4) is 5.75 Å². The Morgan fingerprint density at radius 2 is 0.974 bits per heavy atom. The van der Waals surface area contributed by atoms with Crippen LogP contribution in [0.2, 0.25) is 0 Å². The number of hydrogen-bond donors (Lipinski definition) is 0. The van der Waals surface area contributed by atoms with Crippen LogP contribution < -0.4 is 9.99 Å². The molecule has 9 heteroatoms. The van der Waals surface area contributed by atoms with E-state index in [2.05, 4.69) is 23.2 Å². The molecule has 0 fully saturated rings. The van der Waals surface area contributed by atoms with E-state index in [1.807, 2.05) is 0 Å². The number of halogens is 4. The summed E-state index contributed by atoms with van der Waals surface area (Å²) in [4.78, 5) is -1.14. The van der Waals surface area contributed by atoms with Gasteiger partial charge >= 0.3 is 0 Å². The predicted molar refractivity (Wildman–Crippen MR) is 147 cm³/mol. The molecule has 0 bridgehead atoms. The van der Waals surface area contributed by atoms with Crippen LogP contribution in [0.3, 0.4) is 0 Å². The fraction of sp³-hybridized carbons (Fsp3) is 0.800. The zero-order valence-electron chi connectivity index (χ0n) is 24.0. The summed E-state index contributed by atoms with van der Waals surface area (Å²) < 4.78 is 66.7. The maximum atomic E-state index is 14.5. The molecule has 0 amide bonds. The highest BCUT2D eigenvalue weighted by atomic mass is 32.2. The van der Waals surface area contributed by atoms with Crippen LogP contribution in [0.5, 0.6) is 5.75 Å². The summed E-state index contributed by atoms with van der Waals surface area (Å²) in [5.74, 6) is -7.75. The summed E-state index contributed by atoms with van der Waals surface area (Å²) in [5, 5.41) is 12.9. The van der Waals surface area contributed by atoms with Gasteiger partial charge in [0.15, 0.2) is 17.4 Å². The summed E-state index contributed by atoms with van der Waals surface area (Å²) in [7, 11) is 0. The van der Waals surface area contributed by atoms with E-state index in [9.17, 15) is 22.8 Å². The van der Waals surface area contributed by atoms with Gasteiger partial charge in [0, 0.05) is 0 Å². The second-order valence-corrected chi connectivity index (χ2v) is 11.3. The Kier molecular flexibility index (Phi) is 21.8. The van der Waals surface area contributed by atoms with Crippen molar-refractivity contribution in [2.75, 3.05) is 6.61 Å². The molecule has 0 spiro atoms. The molecule has 0 aliphatic heterocycles. The van der Waals surface area contributed by atoms with Gasteiger partial charge in [0.1, 0.15) is 4.90 Å². The van der Waals surface area contributed by atoms with E-state index in [4.69, 9.17) is 4.74 Å². The first-order valence-electron chi connectivity index (χ1n) is 15.1. The fourth-order valence-corrected chi connectivity index (χ4v) is 5.26. The van der Waals surface area contributed by atoms with Crippen LogP contribution in [0.4, 0.5) is 17.6 Å². The minimum Gasteiger partial charge on any atom is -0.691 e. The van der Waals surface area contributed by atoms with E-state index >= 15 is 0 Å². The van der Waals surface area contributed by atoms with Crippen LogP contribution in [0.25, 0.3) is 0 Å². The first kappa shape index (κ1) is 36.0. The first-order valence-corrected chi connectivity index (χ1v) is 15.8. The number of unbranched alkanes of at least 4 members (excludes halogenated alkanes) is 16. The maximum absolute atomic E-state index is 14.5. The lowest BCUT2D eigenvalue weighted by Gasteiger charge is -2.19. The monoisotopic (exact) mass is 581 g/mol. The average molecular weight is 582 g/mol. The lowest BCUT2D eigenvalue weighted by atomic mass is 9.94. The molecule has 0 N–H and O–H groups in total. The molecule has 1 aromatic carbocycles. The number of hydrogen-bond acceptors (Lipinski definition) is 5. The van der Waals surface area contributed by atoms with Crippen molar-refractivity contribution in [1.29, 1.82) is 0 Å². The highest BCUT2D eigenvalue weighted by Crippen LogP contribution is 2.36. The lowest BCUT2D eigenvalue weighted by Crippen LogP contribution is -2.15. The smallest absolute Gasteiger partial charge is 0.205 e. The molecule has 1 rings (SSSR count). The van der Waals surface area contributed by atoms with E-state index < -0.39 is 33.9 Å². The average Bonchev–Trinajstić information content (AvgIpc) is 2.93. The Labute approximate surface area is 237 Å². The van der Waals surface area contributed by atoms with Crippen LogP contribution in [-0.2, 0) is 9.37 Å². The van der Waals surface area contributed by atoms with Gasteiger partial charge in [0.2, 0.25) is 11.6 Å². The van der Waals surface area contributed by atoms with Crippen LogP contribution >= 0.6 is 12.0 Å². The molecule has 0 saturated heterocycles. The molecule has 1 unspecified atom stereocenters. The highest BCUT2D eigenvalue weighted by Gasteiger charge is 2.28. The largest absolute Gasteiger partial charge is 0.691 e.